The van der Waals surface area contributed by atoms with Crippen molar-refractivity contribution in [2.45, 2.75) is 32.0 Å². The molecule has 0 radical (unpaired) electrons. The number of ether oxygens (including phenoxy) is 1. The van der Waals surface area contributed by atoms with Crippen LogP contribution in [0.3, 0.4) is 0 Å². The zero-order chi connectivity index (χ0) is 23.5. The van der Waals surface area contributed by atoms with Crippen LogP contribution in [0.1, 0.15) is 22.3 Å². The standard InChI is InChI=1S/C27H25N3O4/c31-25-24(23-15-21-13-7-8-14-22(21)16-23)28-26(32)30(25)29(17-19-9-3-1-4-10-19)27(33)34-18-20-11-5-2-6-12-20/h1-14,23-24H,15-18H2,(H,28,32). The molecule has 7 nitrogen and oxygen atoms in total. The molecule has 1 fully saturated rings. The first-order valence-corrected chi connectivity index (χ1v) is 11.3. The molecule has 2 aliphatic rings. The molecule has 1 aliphatic carbocycles. The van der Waals surface area contributed by atoms with Crippen molar-refractivity contribution >= 4 is 18.0 Å². The molecule has 0 saturated carbocycles. The van der Waals surface area contributed by atoms with E-state index < -0.39 is 24.1 Å². The van der Waals surface area contributed by atoms with Crippen LogP contribution in [0.2, 0.25) is 0 Å². The number of hydrogen-bond donors (Lipinski definition) is 1. The van der Waals surface area contributed by atoms with E-state index in [9.17, 15) is 14.4 Å². The predicted octanol–water partition coefficient (Wildman–Crippen LogP) is 4.08. The Kier molecular flexibility index (Phi) is 5.99. The summed E-state index contributed by atoms with van der Waals surface area (Å²) >= 11 is 0. The van der Waals surface area contributed by atoms with Gasteiger partial charge in [0, 0.05) is 0 Å². The second kappa shape index (κ2) is 9.39. The molecule has 1 aliphatic heterocycles. The molecule has 0 spiro atoms. The number of rotatable bonds is 6. The lowest BCUT2D eigenvalue weighted by atomic mass is 9.97. The molecule has 1 atom stereocenters. The maximum Gasteiger partial charge on any atom is 0.429 e. The van der Waals surface area contributed by atoms with Crippen LogP contribution < -0.4 is 5.32 Å². The first-order chi connectivity index (χ1) is 16.6. The lowest BCUT2D eigenvalue weighted by Gasteiger charge is -2.28. The number of carbonyl (C=O) groups is 3. The summed E-state index contributed by atoms with van der Waals surface area (Å²) in [6.45, 7) is 0.0706. The molecule has 7 heteroatoms. The summed E-state index contributed by atoms with van der Waals surface area (Å²) in [5, 5.41) is 4.82. The largest absolute Gasteiger partial charge is 0.443 e. The van der Waals surface area contributed by atoms with Crippen LogP contribution in [0.5, 0.6) is 0 Å². The fourth-order valence-corrected chi connectivity index (χ4v) is 4.63. The van der Waals surface area contributed by atoms with Gasteiger partial charge in [0.05, 0.1) is 6.54 Å². The molecule has 3 aromatic carbocycles. The number of imide groups is 1. The molecular formula is C27H25N3O4. The Labute approximate surface area is 197 Å². The molecule has 1 unspecified atom stereocenters. The smallest absolute Gasteiger partial charge is 0.429 e. The van der Waals surface area contributed by atoms with Gasteiger partial charge in [-0.2, -0.15) is 5.01 Å². The van der Waals surface area contributed by atoms with Crippen LogP contribution in [0, 0.1) is 5.92 Å². The van der Waals surface area contributed by atoms with Gasteiger partial charge < -0.3 is 10.1 Å². The summed E-state index contributed by atoms with van der Waals surface area (Å²) in [6, 6.07) is 25.2. The quantitative estimate of drug-likeness (QED) is 0.568. The second-order valence-electron chi connectivity index (χ2n) is 8.60. The third-order valence-corrected chi connectivity index (χ3v) is 6.33. The molecule has 172 valence electrons. The van der Waals surface area contributed by atoms with Gasteiger partial charge in [-0.1, -0.05) is 84.9 Å². The molecule has 1 saturated heterocycles. The molecular weight excluding hydrogens is 430 g/mol. The first-order valence-electron chi connectivity index (χ1n) is 11.3. The number of urea groups is 1. The van der Waals surface area contributed by atoms with E-state index in [0.29, 0.717) is 12.8 Å². The van der Waals surface area contributed by atoms with E-state index >= 15 is 0 Å². The summed E-state index contributed by atoms with van der Waals surface area (Å²) in [5.74, 6) is -0.492. The van der Waals surface area contributed by atoms with Crippen molar-refractivity contribution in [1.82, 2.24) is 15.3 Å². The Balaban J connectivity index is 1.36. The molecule has 4 amide bonds. The molecule has 1 heterocycles. The van der Waals surface area contributed by atoms with Crippen LogP contribution >= 0.6 is 0 Å². The summed E-state index contributed by atoms with van der Waals surface area (Å²) in [5.41, 5.74) is 3.97. The van der Waals surface area contributed by atoms with E-state index in [2.05, 4.69) is 17.4 Å². The highest BCUT2D eigenvalue weighted by atomic mass is 16.6. The van der Waals surface area contributed by atoms with E-state index in [-0.39, 0.29) is 19.1 Å². The fourth-order valence-electron chi connectivity index (χ4n) is 4.63. The zero-order valence-electron chi connectivity index (χ0n) is 18.6. The predicted molar refractivity (Wildman–Crippen MR) is 125 cm³/mol. The number of amides is 4. The maximum absolute atomic E-state index is 13.5. The minimum atomic E-state index is -0.758. The molecule has 0 aromatic heterocycles. The van der Waals surface area contributed by atoms with Gasteiger partial charge in [0.25, 0.3) is 5.91 Å². The third kappa shape index (κ3) is 4.37. The Morgan fingerprint density at radius 2 is 1.41 bits per heavy atom. The van der Waals surface area contributed by atoms with Crippen LogP contribution in [0.4, 0.5) is 9.59 Å². The van der Waals surface area contributed by atoms with Gasteiger partial charge in [-0.05, 0) is 41.0 Å². The summed E-state index contributed by atoms with van der Waals surface area (Å²) < 4.78 is 5.50. The van der Waals surface area contributed by atoms with E-state index in [1.807, 2.05) is 72.8 Å². The molecule has 0 bridgehead atoms. The normalized spacial score (nSPS) is 17.4. The summed E-state index contributed by atoms with van der Waals surface area (Å²) in [7, 11) is 0. The SMILES string of the molecule is O=C(OCc1ccccc1)N(Cc1ccccc1)N1C(=O)NC(C2Cc3ccccc3C2)C1=O. The van der Waals surface area contributed by atoms with Crippen molar-refractivity contribution in [3.8, 4) is 0 Å². The Bertz CT molecular complexity index is 1170. The average Bonchev–Trinajstić information content (AvgIpc) is 3.42. The van der Waals surface area contributed by atoms with Gasteiger partial charge in [-0.15, -0.1) is 0 Å². The Hall–Kier alpha value is -4.13. The molecule has 1 N–H and O–H groups in total. The number of hydrogen-bond acceptors (Lipinski definition) is 4. The van der Waals surface area contributed by atoms with Crippen molar-refractivity contribution < 1.29 is 19.1 Å². The first kappa shape index (κ1) is 21.7. The monoisotopic (exact) mass is 455 g/mol. The van der Waals surface area contributed by atoms with Gasteiger partial charge in [0.1, 0.15) is 12.6 Å². The van der Waals surface area contributed by atoms with Crippen LogP contribution in [-0.2, 0) is 35.5 Å². The average molecular weight is 456 g/mol. The van der Waals surface area contributed by atoms with Crippen molar-refractivity contribution in [3.05, 3.63) is 107 Å². The van der Waals surface area contributed by atoms with Crippen molar-refractivity contribution in [3.63, 3.8) is 0 Å². The van der Waals surface area contributed by atoms with Gasteiger partial charge in [0.15, 0.2) is 0 Å². The van der Waals surface area contributed by atoms with Gasteiger partial charge in [-0.25, -0.2) is 14.6 Å². The number of carbonyl (C=O) groups excluding carboxylic acids is 3. The topological polar surface area (TPSA) is 79.0 Å². The minimum Gasteiger partial charge on any atom is -0.443 e. The summed E-state index contributed by atoms with van der Waals surface area (Å²) in [6.07, 6.45) is 0.655. The van der Waals surface area contributed by atoms with E-state index in [1.54, 1.807) is 0 Å². The van der Waals surface area contributed by atoms with E-state index in [0.717, 1.165) is 21.1 Å². The Morgan fingerprint density at radius 1 is 0.853 bits per heavy atom. The van der Waals surface area contributed by atoms with Crippen molar-refractivity contribution in [1.29, 1.82) is 0 Å². The number of nitrogens with one attached hydrogen (secondary N) is 1. The fraction of sp³-hybridized carbons (Fsp3) is 0.222. The molecule has 34 heavy (non-hydrogen) atoms. The lowest BCUT2D eigenvalue weighted by molar-refractivity contribution is -0.139. The summed E-state index contributed by atoms with van der Waals surface area (Å²) in [4.78, 5) is 39.6. The third-order valence-electron chi connectivity index (χ3n) is 6.33. The minimum absolute atomic E-state index is 0.0330. The van der Waals surface area contributed by atoms with Gasteiger partial charge >= 0.3 is 12.1 Å². The second-order valence-corrected chi connectivity index (χ2v) is 8.60. The maximum atomic E-state index is 13.5. The number of benzene rings is 3. The van der Waals surface area contributed by atoms with E-state index in [4.69, 9.17) is 4.74 Å². The number of fused-ring (bicyclic) bond motifs is 1. The lowest BCUT2D eigenvalue weighted by Crippen LogP contribution is -2.50. The van der Waals surface area contributed by atoms with Gasteiger partial charge in [0.2, 0.25) is 0 Å². The van der Waals surface area contributed by atoms with Crippen LogP contribution in [0.15, 0.2) is 84.9 Å². The van der Waals surface area contributed by atoms with Crippen LogP contribution in [-0.4, -0.2) is 34.1 Å². The molecule has 5 rings (SSSR count). The van der Waals surface area contributed by atoms with Gasteiger partial charge in [-0.3, -0.25) is 4.79 Å². The number of hydrazine groups is 1. The van der Waals surface area contributed by atoms with Crippen molar-refractivity contribution in [2.24, 2.45) is 5.92 Å². The highest BCUT2D eigenvalue weighted by Gasteiger charge is 2.48. The van der Waals surface area contributed by atoms with Crippen LogP contribution in [0.25, 0.3) is 0 Å². The van der Waals surface area contributed by atoms with E-state index in [1.165, 1.54) is 11.1 Å². The molecule has 3 aromatic rings. The highest BCUT2D eigenvalue weighted by molar-refractivity contribution is 6.05. The highest BCUT2D eigenvalue weighted by Crippen LogP contribution is 2.31. The zero-order valence-corrected chi connectivity index (χ0v) is 18.6. The number of nitrogens with zero attached hydrogens (tertiary/aromatic N) is 2. The Morgan fingerprint density at radius 3 is 2.03 bits per heavy atom. The van der Waals surface area contributed by atoms with Crippen molar-refractivity contribution in [2.75, 3.05) is 0 Å².